The standard InChI is InChI=1S/C15H19N3O4/c1-15(10-5-7-11(22-4)8-6-10)13(20)18(14(21)16-15)9-12(19)17(2)3/h5-8H,9H2,1-4H3,(H,16,21). The van der Waals surface area contributed by atoms with E-state index in [1.54, 1.807) is 52.4 Å². The van der Waals surface area contributed by atoms with Crippen LogP contribution in [0.15, 0.2) is 24.3 Å². The van der Waals surface area contributed by atoms with Crippen LogP contribution >= 0.6 is 0 Å². The van der Waals surface area contributed by atoms with Crippen LogP contribution in [0, 0.1) is 0 Å². The third kappa shape index (κ3) is 2.61. The van der Waals surface area contributed by atoms with E-state index in [1.807, 2.05) is 0 Å². The van der Waals surface area contributed by atoms with Gasteiger partial charge in [-0.05, 0) is 24.6 Å². The maximum Gasteiger partial charge on any atom is 0.325 e. The van der Waals surface area contributed by atoms with Crippen molar-refractivity contribution in [2.75, 3.05) is 27.7 Å². The minimum atomic E-state index is -1.18. The first-order valence-corrected chi connectivity index (χ1v) is 6.78. The maximum atomic E-state index is 12.6. The topological polar surface area (TPSA) is 79.0 Å². The Bertz CT molecular complexity index is 612. The van der Waals surface area contributed by atoms with Gasteiger partial charge in [0.15, 0.2) is 0 Å². The van der Waals surface area contributed by atoms with Gasteiger partial charge in [-0.2, -0.15) is 0 Å². The first-order chi connectivity index (χ1) is 10.3. The molecule has 4 amide bonds. The van der Waals surface area contributed by atoms with Crippen molar-refractivity contribution in [3.05, 3.63) is 29.8 Å². The number of hydrogen-bond acceptors (Lipinski definition) is 4. The lowest BCUT2D eigenvalue weighted by Gasteiger charge is -2.22. The van der Waals surface area contributed by atoms with E-state index in [0.29, 0.717) is 11.3 Å². The van der Waals surface area contributed by atoms with Crippen molar-refractivity contribution >= 4 is 17.8 Å². The highest BCUT2D eigenvalue weighted by Crippen LogP contribution is 2.29. The molecule has 0 spiro atoms. The summed E-state index contributed by atoms with van der Waals surface area (Å²) in [4.78, 5) is 38.7. The Balaban J connectivity index is 2.26. The Kier molecular flexibility index (Phi) is 4.07. The second-order valence-electron chi connectivity index (χ2n) is 5.46. The Morgan fingerprint density at radius 2 is 1.86 bits per heavy atom. The number of ether oxygens (including phenoxy) is 1. The van der Waals surface area contributed by atoms with Crippen LogP contribution in [0.5, 0.6) is 5.75 Å². The lowest BCUT2D eigenvalue weighted by atomic mass is 9.92. The second kappa shape index (κ2) is 5.67. The smallest absolute Gasteiger partial charge is 0.325 e. The van der Waals surface area contributed by atoms with Gasteiger partial charge >= 0.3 is 6.03 Å². The van der Waals surface area contributed by atoms with E-state index < -0.39 is 17.5 Å². The molecule has 7 nitrogen and oxygen atoms in total. The molecule has 1 aliphatic heterocycles. The number of imide groups is 1. The molecule has 118 valence electrons. The normalized spacial score (nSPS) is 20.8. The zero-order chi connectivity index (χ0) is 16.5. The predicted molar refractivity (Wildman–Crippen MR) is 79.3 cm³/mol. The molecule has 1 aromatic carbocycles. The maximum absolute atomic E-state index is 12.6. The van der Waals surface area contributed by atoms with Crippen molar-refractivity contribution in [2.45, 2.75) is 12.5 Å². The lowest BCUT2D eigenvalue weighted by molar-refractivity contribution is -0.137. The van der Waals surface area contributed by atoms with E-state index >= 15 is 0 Å². The molecule has 0 bridgehead atoms. The number of nitrogens with zero attached hydrogens (tertiary/aromatic N) is 2. The molecule has 1 atom stereocenters. The van der Waals surface area contributed by atoms with E-state index in [4.69, 9.17) is 4.74 Å². The summed E-state index contributed by atoms with van der Waals surface area (Å²) in [6.07, 6.45) is 0. The zero-order valence-electron chi connectivity index (χ0n) is 13.0. The fraction of sp³-hybridized carbons (Fsp3) is 0.400. The summed E-state index contributed by atoms with van der Waals surface area (Å²) in [5, 5.41) is 2.65. The molecule has 0 radical (unpaired) electrons. The van der Waals surface area contributed by atoms with E-state index in [0.717, 1.165) is 4.90 Å². The number of benzene rings is 1. The number of rotatable bonds is 4. The number of nitrogens with one attached hydrogen (secondary N) is 1. The summed E-state index contributed by atoms with van der Waals surface area (Å²) < 4.78 is 5.08. The third-order valence-corrected chi connectivity index (χ3v) is 3.73. The third-order valence-electron chi connectivity index (χ3n) is 3.73. The summed E-state index contributed by atoms with van der Waals surface area (Å²) in [6.45, 7) is 1.35. The predicted octanol–water partition coefficient (Wildman–Crippen LogP) is 0.550. The minimum absolute atomic E-state index is 0.274. The molecule has 1 unspecified atom stereocenters. The summed E-state index contributed by atoms with van der Waals surface area (Å²) in [6, 6.07) is 6.29. The van der Waals surface area contributed by atoms with Gasteiger partial charge in [0.1, 0.15) is 17.8 Å². The van der Waals surface area contributed by atoms with E-state index in [2.05, 4.69) is 5.32 Å². The molecular weight excluding hydrogens is 286 g/mol. The Labute approximate surface area is 128 Å². The molecule has 1 heterocycles. The average Bonchev–Trinajstić information content (AvgIpc) is 2.71. The number of carbonyl (C=O) groups excluding carboxylic acids is 3. The quantitative estimate of drug-likeness (QED) is 0.824. The van der Waals surface area contributed by atoms with Crippen molar-refractivity contribution < 1.29 is 19.1 Å². The van der Waals surface area contributed by atoms with E-state index in [9.17, 15) is 14.4 Å². The Morgan fingerprint density at radius 3 is 2.36 bits per heavy atom. The van der Waals surface area contributed by atoms with Crippen LogP contribution < -0.4 is 10.1 Å². The van der Waals surface area contributed by atoms with Crippen molar-refractivity contribution in [3.63, 3.8) is 0 Å². The number of hydrogen-bond donors (Lipinski definition) is 1. The fourth-order valence-electron chi connectivity index (χ4n) is 2.24. The monoisotopic (exact) mass is 305 g/mol. The van der Waals surface area contributed by atoms with Gasteiger partial charge in [-0.25, -0.2) is 4.79 Å². The minimum Gasteiger partial charge on any atom is -0.497 e. The van der Waals surface area contributed by atoms with Crippen LogP contribution in [0.25, 0.3) is 0 Å². The summed E-state index contributed by atoms with van der Waals surface area (Å²) in [7, 11) is 4.70. The number of carbonyl (C=O) groups is 3. The van der Waals surface area contributed by atoms with Gasteiger partial charge in [0.2, 0.25) is 5.91 Å². The highest BCUT2D eigenvalue weighted by atomic mass is 16.5. The van der Waals surface area contributed by atoms with Crippen LogP contribution in [0.2, 0.25) is 0 Å². The molecule has 0 aliphatic carbocycles. The molecule has 1 aromatic rings. The van der Waals surface area contributed by atoms with Crippen molar-refractivity contribution in [2.24, 2.45) is 0 Å². The van der Waals surface area contributed by atoms with Gasteiger partial charge in [-0.1, -0.05) is 12.1 Å². The largest absolute Gasteiger partial charge is 0.497 e. The van der Waals surface area contributed by atoms with E-state index in [-0.39, 0.29) is 12.5 Å². The molecule has 2 rings (SSSR count). The van der Waals surface area contributed by atoms with Gasteiger partial charge < -0.3 is 15.0 Å². The highest BCUT2D eigenvalue weighted by molar-refractivity contribution is 6.09. The molecule has 1 aliphatic rings. The Morgan fingerprint density at radius 1 is 1.27 bits per heavy atom. The molecule has 7 heteroatoms. The van der Waals surface area contributed by atoms with Gasteiger partial charge in [0.05, 0.1) is 7.11 Å². The van der Waals surface area contributed by atoms with Crippen LogP contribution in [-0.2, 0) is 15.1 Å². The first kappa shape index (κ1) is 15.8. The number of likely N-dealkylation sites (N-methyl/N-ethyl adjacent to an activating group) is 1. The molecule has 1 fully saturated rings. The molecule has 0 aromatic heterocycles. The lowest BCUT2D eigenvalue weighted by Crippen LogP contribution is -2.43. The Hall–Kier alpha value is -2.57. The van der Waals surface area contributed by atoms with Crippen LogP contribution in [0.1, 0.15) is 12.5 Å². The molecule has 22 heavy (non-hydrogen) atoms. The summed E-state index contributed by atoms with van der Waals surface area (Å²) >= 11 is 0. The second-order valence-corrected chi connectivity index (χ2v) is 5.46. The van der Waals surface area contributed by atoms with Gasteiger partial charge in [-0.3, -0.25) is 14.5 Å². The van der Waals surface area contributed by atoms with Crippen LogP contribution in [0.4, 0.5) is 4.79 Å². The first-order valence-electron chi connectivity index (χ1n) is 6.78. The molecule has 0 saturated carbocycles. The molecular formula is C15H19N3O4. The summed E-state index contributed by atoms with van der Waals surface area (Å²) in [5.41, 5.74) is -0.554. The fourth-order valence-corrected chi connectivity index (χ4v) is 2.24. The SMILES string of the molecule is COc1ccc(C2(C)NC(=O)N(CC(=O)N(C)C)C2=O)cc1. The van der Waals surface area contributed by atoms with Crippen LogP contribution in [-0.4, -0.2) is 55.4 Å². The summed E-state index contributed by atoms with van der Waals surface area (Å²) in [5.74, 6) is -0.107. The van der Waals surface area contributed by atoms with Crippen molar-refractivity contribution in [1.82, 2.24) is 15.1 Å². The zero-order valence-corrected chi connectivity index (χ0v) is 13.0. The highest BCUT2D eigenvalue weighted by Gasteiger charge is 2.49. The number of amides is 4. The molecule has 1 saturated heterocycles. The van der Waals surface area contributed by atoms with Crippen molar-refractivity contribution in [3.8, 4) is 5.75 Å². The number of methoxy groups -OCH3 is 1. The van der Waals surface area contributed by atoms with Gasteiger partial charge in [0.25, 0.3) is 5.91 Å². The van der Waals surface area contributed by atoms with Gasteiger partial charge in [-0.15, -0.1) is 0 Å². The average molecular weight is 305 g/mol. The van der Waals surface area contributed by atoms with Crippen molar-refractivity contribution in [1.29, 1.82) is 0 Å². The van der Waals surface area contributed by atoms with E-state index in [1.165, 1.54) is 4.90 Å². The van der Waals surface area contributed by atoms with Crippen LogP contribution in [0.3, 0.4) is 0 Å². The molecule has 1 N–H and O–H groups in total. The number of urea groups is 1. The van der Waals surface area contributed by atoms with Gasteiger partial charge in [0, 0.05) is 14.1 Å².